The Kier molecular flexibility index (Phi) is 6.51. The van der Waals surface area contributed by atoms with Gasteiger partial charge in [0.05, 0.1) is 0 Å². The molecule has 0 saturated carbocycles. The summed E-state index contributed by atoms with van der Waals surface area (Å²) in [5.41, 5.74) is 10.4. The van der Waals surface area contributed by atoms with Crippen molar-refractivity contribution in [2.24, 2.45) is 11.5 Å². The minimum atomic E-state index is 0.769. The summed E-state index contributed by atoms with van der Waals surface area (Å²) in [5.74, 6) is 2.08. The van der Waals surface area contributed by atoms with Crippen molar-refractivity contribution in [1.82, 2.24) is 0 Å². The van der Waals surface area contributed by atoms with Crippen LogP contribution in [0.25, 0.3) is 0 Å². The summed E-state index contributed by atoms with van der Waals surface area (Å²) in [6.07, 6.45) is 0. The van der Waals surface area contributed by atoms with Gasteiger partial charge in [-0.15, -0.1) is 0 Å². The fraction of sp³-hybridized carbons (Fsp3) is 1.00. The molecule has 0 aromatic heterocycles. The van der Waals surface area contributed by atoms with Crippen molar-refractivity contribution in [3.05, 3.63) is 0 Å². The van der Waals surface area contributed by atoms with Crippen LogP contribution in [-0.4, -0.2) is 24.6 Å². The van der Waals surface area contributed by atoms with Crippen molar-refractivity contribution < 1.29 is 0 Å². The van der Waals surface area contributed by atoms with Crippen LogP contribution in [0.4, 0.5) is 0 Å². The normalized spacial score (nSPS) is 9.43. The summed E-state index contributed by atoms with van der Waals surface area (Å²) in [7, 11) is 0. The Hall–Kier alpha value is 0.270. The molecule has 0 aliphatic rings. The standard InChI is InChI=1S/C4H12N2S/c5-1-3-7-4-2-6/h1-6H2. The molecule has 0 aliphatic carbocycles. The first-order valence-electron chi connectivity index (χ1n) is 2.39. The molecule has 0 atom stereocenters. The van der Waals surface area contributed by atoms with Gasteiger partial charge in [-0.2, -0.15) is 11.8 Å². The number of hydrogen-bond acceptors (Lipinski definition) is 3. The van der Waals surface area contributed by atoms with Gasteiger partial charge in [-0.25, -0.2) is 0 Å². The third-order valence-electron chi connectivity index (χ3n) is 0.524. The fourth-order valence-electron chi connectivity index (χ4n) is 0.269. The van der Waals surface area contributed by atoms with Gasteiger partial charge in [0.15, 0.2) is 0 Å². The lowest BCUT2D eigenvalue weighted by Crippen LogP contribution is -2.06. The molecule has 0 spiro atoms. The van der Waals surface area contributed by atoms with Crippen LogP contribution in [0.1, 0.15) is 0 Å². The second kappa shape index (κ2) is 6.27. The first-order valence-corrected chi connectivity index (χ1v) is 3.55. The molecule has 3 heteroatoms. The molecule has 7 heavy (non-hydrogen) atoms. The number of rotatable bonds is 4. The predicted octanol–water partition coefficient (Wildman–Crippen LogP) is -0.363. The van der Waals surface area contributed by atoms with E-state index in [4.69, 9.17) is 11.5 Å². The van der Waals surface area contributed by atoms with E-state index in [1.807, 2.05) is 0 Å². The van der Waals surface area contributed by atoms with E-state index in [0.717, 1.165) is 24.6 Å². The highest BCUT2D eigenvalue weighted by Gasteiger charge is 1.79. The molecule has 2 nitrogen and oxygen atoms in total. The monoisotopic (exact) mass is 120 g/mol. The first kappa shape index (κ1) is 7.27. The highest BCUT2D eigenvalue weighted by atomic mass is 32.2. The first-order chi connectivity index (χ1) is 3.41. The van der Waals surface area contributed by atoms with Crippen molar-refractivity contribution in [2.45, 2.75) is 0 Å². The zero-order valence-corrected chi connectivity index (χ0v) is 5.21. The summed E-state index contributed by atoms with van der Waals surface area (Å²) in [5, 5.41) is 0. The summed E-state index contributed by atoms with van der Waals surface area (Å²) in [6, 6.07) is 0. The van der Waals surface area contributed by atoms with Crippen molar-refractivity contribution in [3.63, 3.8) is 0 Å². The summed E-state index contributed by atoms with van der Waals surface area (Å²) >= 11 is 1.80. The molecule has 4 N–H and O–H groups in total. The molecule has 0 aromatic rings. The Morgan fingerprint density at radius 3 is 1.71 bits per heavy atom. The zero-order valence-electron chi connectivity index (χ0n) is 4.39. The van der Waals surface area contributed by atoms with Crippen LogP contribution in [0.2, 0.25) is 0 Å². The summed E-state index contributed by atoms with van der Waals surface area (Å²) in [4.78, 5) is 0. The van der Waals surface area contributed by atoms with E-state index in [0.29, 0.717) is 0 Å². The highest BCUT2D eigenvalue weighted by Crippen LogP contribution is 1.93. The molecule has 0 saturated heterocycles. The van der Waals surface area contributed by atoms with E-state index < -0.39 is 0 Å². The second-order valence-corrected chi connectivity index (χ2v) is 2.41. The topological polar surface area (TPSA) is 52.0 Å². The lowest BCUT2D eigenvalue weighted by Gasteiger charge is -1.91. The molecule has 0 amide bonds. The van der Waals surface area contributed by atoms with Crippen LogP contribution >= 0.6 is 11.8 Å². The van der Waals surface area contributed by atoms with Crippen molar-refractivity contribution in [2.75, 3.05) is 24.6 Å². The second-order valence-electron chi connectivity index (χ2n) is 1.19. The van der Waals surface area contributed by atoms with E-state index in [1.54, 1.807) is 11.8 Å². The van der Waals surface area contributed by atoms with E-state index in [1.165, 1.54) is 0 Å². The molecule has 0 bridgehead atoms. The van der Waals surface area contributed by atoms with Gasteiger partial charge >= 0.3 is 0 Å². The summed E-state index contributed by atoms with van der Waals surface area (Å²) in [6.45, 7) is 1.54. The van der Waals surface area contributed by atoms with E-state index in [2.05, 4.69) is 0 Å². The largest absolute Gasteiger partial charge is 0.330 e. The van der Waals surface area contributed by atoms with Gasteiger partial charge < -0.3 is 11.5 Å². The maximum atomic E-state index is 5.21. The third kappa shape index (κ3) is 6.27. The van der Waals surface area contributed by atoms with Gasteiger partial charge in [-0.3, -0.25) is 0 Å². The Labute approximate surface area is 48.6 Å². The molecule has 0 radical (unpaired) electrons. The van der Waals surface area contributed by atoms with Crippen molar-refractivity contribution in [1.29, 1.82) is 0 Å². The minimum absolute atomic E-state index is 0.769. The average molecular weight is 120 g/mol. The molecule has 0 heterocycles. The molecule has 0 unspecified atom stereocenters. The Morgan fingerprint density at radius 1 is 1.00 bits per heavy atom. The van der Waals surface area contributed by atoms with Crippen LogP contribution in [0.3, 0.4) is 0 Å². The molecule has 0 aliphatic heterocycles. The minimum Gasteiger partial charge on any atom is -0.330 e. The van der Waals surface area contributed by atoms with Gasteiger partial charge in [-0.1, -0.05) is 0 Å². The van der Waals surface area contributed by atoms with Gasteiger partial charge in [0.25, 0.3) is 0 Å². The third-order valence-corrected chi connectivity index (χ3v) is 1.57. The quantitative estimate of drug-likeness (QED) is 0.498. The molecular formula is C4H12N2S. The lowest BCUT2D eigenvalue weighted by atomic mass is 10.8. The Bertz CT molecular complexity index is 28.9. The van der Waals surface area contributed by atoms with Gasteiger partial charge in [0.1, 0.15) is 0 Å². The van der Waals surface area contributed by atoms with E-state index >= 15 is 0 Å². The summed E-state index contributed by atoms with van der Waals surface area (Å²) < 4.78 is 0. The fourth-order valence-corrected chi connectivity index (χ4v) is 0.806. The van der Waals surface area contributed by atoms with Gasteiger partial charge in [0, 0.05) is 24.6 Å². The maximum Gasteiger partial charge on any atom is 0.00563 e. The van der Waals surface area contributed by atoms with Crippen LogP contribution in [0.15, 0.2) is 0 Å². The van der Waals surface area contributed by atoms with Gasteiger partial charge in [0.2, 0.25) is 0 Å². The number of thioether (sulfide) groups is 1. The maximum absolute atomic E-state index is 5.21. The molecular weight excluding hydrogens is 108 g/mol. The lowest BCUT2D eigenvalue weighted by molar-refractivity contribution is 1.12. The molecule has 44 valence electrons. The molecule has 0 rings (SSSR count). The van der Waals surface area contributed by atoms with Crippen LogP contribution < -0.4 is 11.5 Å². The van der Waals surface area contributed by atoms with Crippen molar-refractivity contribution in [3.8, 4) is 0 Å². The number of nitrogens with two attached hydrogens (primary N) is 2. The Balaban J connectivity index is 2.45. The predicted molar refractivity (Wildman–Crippen MR) is 35.4 cm³/mol. The van der Waals surface area contributed by atoms with Gasteiger partial charge in [-0.05, 0) is 0 Å². The highest BCUT2D eigenvalue weighted by molar-refractivity contribution is 7.99. The SMILES string of the molecule is NCCSCCN. The van der Waals surface area contributed by atoms with E-state index in [9.17, 15) is 0 Å². The molecule has 0 fully saturated rings. The number of hydrogen-bond donors (Lipinski definition) is 2. The smallest absolute Gasteiger partial charge is 0.00563 e. The average Bonchev–Trinajstić information content (AvgIpc) is 1.69. The van der Waals surface area contributed by atoms with Crippen LogP contribution in [0, 0.1) is 0 Å². The molecule has 0 aromatic carbocycles. The van der Waals surface area contributed by atoms with Crippen LogP contribution in [0.5, 0.6) is 0 Å². The van der Waals surface area contributed by atoms with E-state index in [-0.39, 0.29) is 0 Å². The zero-order chi connectivity index (χ0) is 5.54. The van der Waals surface area contributed by atoms with Crippen molar-refractivity contribution >= 4 is 11.8 Å². The Morgan fingerprint density at radius 2 is 1.43 bits per heavy atom. The van der Waals surface area contributed by atoms with Crippen LogP contribution in [-0.2, 0) is 0 Å².